The molecule has 0 aliphatic rings. The highest BCUT2D eigenvalue weighted by molar-refractivity contribution is 5.98. The zero-order valence-electron chi connectivity index (χ0n) is 10.3. The molecule has 6 heteroatoms. The summed E-state index contributed by atoms with van der Waals surface area (Å²) in [5.41, 5.74) is 0. The number of carbonyl (C=O) groups is 2. The van der Waals surface area contributed by atoms with Crippen LogP contribution < -0.4 is 4.74 Å². The molecule has 1 aromatic heterocycles. The van der Waals surface area contributed by atoms with Crippen LogP contribution in [0.25, 0.3) is 0 Å². The van der Waals surface area contributed by atoms with Gasteiger partial charge in [-0.1, -0.05) is 0 Å². The molecule has 1 aromatic rings. The minimum Gasteiger partial charge on any atom is -0.467 e. The van der Waals surface area contributed by atoms with Crippen LogP contribution in [-0.2, 0) is 19.1 Å². The molecule has 0 fully saturated rings. The maximum absolute atomic E-state index is 11.6. The lowest BCUT2D eigenvalue weighted by Gasteiger charge is -2.15. The number of ether oxygens (including phenoxy) is 3. The number of carbonyl (C=O) groups excluding carboxylic acids is 2. The predicted octanol–water partition coefficient (Wildman–Crippen LogP) is 0.955. The van der Waals surface area contributed by atoms with E-state index in [1.165, 1.54) is 24.5 Å². The van der Waals surface area contributed by atoms with Gasteiger partial charge in [0.05, 0.1) is 13.2 Å². The van der Waals surface area contributed by atoms with E-state index >= 15 is 0 Å². The lowest BCUT2D eigenvalue weighted by atomic mass is 10.3. The molecule has 0 aromatic carbocycles. The molecule has 0 bridgehead atoms. The first-order valence-corrected chi connectivity index (χ1v) is 5.59. The maximum atomic E-state index is 11.6. The predicted molar refractivity (Wildman–Crippen MR) is 61.9 cm³/mol. The Bertz CT molecular complexity index is 375. The molecule has 0 spiro atoms. The third kappa shape index (κ3) is 4.04. The molecule has 1 rings (SSSR count). The molecule has 0 amide bonds. The molecule has 0 unspecified atom stereocenters. The van der Waals surface area contributed by atoms with Gasteiger partial charge in [-0.25, -0.2) is 9.59 Å². The smallest absolute Gasteiger partial charge is 0.359 e. The van der Waals surface area contributed by atoms with Crippen molar-refractivity contribution in [1.82, 2.24) is 4.98 Å². The summed E-state index contributed by atoms with van der Waals surface area (Å²) in [6.45, 7) is 3.61. The van der Waals surface area contributed by atoms with Crippen molar-refractivity contribution in [3.8, 4) is 5.75 Å². The van der Waals surface area contributed by atoms with Crippen molar-refractivity contribution >= 4 is 11.9 Å². The van der Waals surface area contributed by atoms with Crippen LogP contribution in [0.2, 0.25) is 0 Å². The first kappa shape index (κ1) is 14.0. The molecule has 0 radical (unpaired) electrons. The first-order chi connectivity index (χ1) is 8.69. The number of esters is 2. The molecular formula is C12H15NO5. The van der Waals surface area contributed by atoms with E-state index in [0.717, 1.165) is 0 Å². The highest BCUT2D eigenvalue weighted by Gasteiger charge is 2.31. The average Bonchev–Trinajstić information content (AvgIpc) is 2.37. The van der Waals surface area contributed by atoms with Crippen LogP contribution in [0.1, 0.15) is 13.8 Å². The molecule has 98 valence electrons. The Hall–Kier alpha value is -2.11. The molecule has 0 N–H and O–H groups in total. The molecule has 1 heterocycles. The normalized spacial score (nSPS) is 9.94. The largest absolute Gasteiger partial charge is 0.467 e. The van der Waals surface area contributed by atoms with Crippen LogP contribution in [0.4, 0.5) is 0 Å². The zero-order valence-corrected chi connectivity index (χ0v) is 10.3. The Morgan fingerprint density at radius 1 is 1.11 bits per heavy atom. The lowest BCUT2D eigenvalue weighted by Crippen LogP contribution is -2.38. The summed E-state index contributed by atoms with van der Waals surface area (Å²) < 4.78 is 14.8. The summed E-state index contributed by atoms with van der Waals surface area (Å²) in [6.07, 6.45) is 1.57. The van der Waals surface area contributed by atoms with Crippen molar-refractivity contribution in [2.24, 2.45) is 0 Å². The van der Waals surface area contributed by atoms with Gasteiger partial charge in [0.25, 0.3) is 6.10 Å². The van der Waals surface area contributed by atoms with E-state index in [-0.39, 0.29) is 13.2 Å². The van der Waals surface area contributed by atoms with Crippen LogP contribution in [-0.4, -0.2) is 36.2 Å². The van der Waals surface area contributed by atoms with E-state index in [1.807, 2.05) is 0 Å². The quantitative estimate of drug-likeness (QED) is 0.555. The van der Waals surface area contributed by atoms with Crippen LogP contribution >= 0.6 is 0 Å². The van der Waals surface area contributed by atoms with Gasteiger partial charge < -0.3 is 14.2 Å². The van der Waals surface area contributed by atoms with Crippen molar-refractivity contribution in [1.29, 1.82) is 0 Å². The molecule has 0 aliphatic heterocycles. The average molecular weight is 253 g/mol. The van der Waals surface area contributed by atoms with Crippen LogP contribution in [0, 0.1) is 0 Å². The Balaban J connectivity index is 2.77. The number of hydrogen-bond donors (Lipinski definition) is 0. The Morgan fingerprint density at radius 2 is 1.61 bits per heavy atom. The van der Waals surface area contributed by atoms with Gasteiger partial charge in [0.1, 0.15) is 5.75 Å². The highest BCUT2D eigenvalue weighted by Crippen LogP contribution is 2.11. The fraction of sp³-hybridized carbons (Fsp3) is 0.417. The van der Waals surface area contributed by atoms with Gasteiger partial charge in [-0.2, -0.15) is 0 Å². The summed E-state index contributed by atoms with van der Waals surface area (Å²) in [7, 11) is 0. The minimum atomic E-state index is -1.41. The second kappa shape index (κ2) is 7.26. The minimum absolute atomic E-state index is 0.161. The van der Waals surface area contributed by atoms with Gasteiger partial charge in [0.2, 0.25) is 0 Å². The first-order valence-electron chi connectivity index (χ1n) is 5.59. The van der Waals surface area contributed by atoms with E-state index in [4.69, 9.17) is 14.2 Å². The lowest BCUT2D eigenvalue weighted by molar-refractivity contribution is -0.166. The highest BCUT2D eigenvalue weighted by atomic mass is 16.6. The molecule has 6 nitrogen and oxygen atoms in total. The summed E-state index contributed by atoms with van der Waals surface area (Å²) in [4.78, 5) is 27.0. The number of rotatable bonds is 6. The van der Waals surface area contributed by atoms with Crippen molar-refractivity contribution in [2.45, 2.75) is 20.0 Å². The number of aromatic nitrogens is 1. The number of pyridine rings is 1. The van der Waals surface area contributed by atoms with Crippen molar-refractivity contribution in [3.05, 3.63) is 24.5 Å². The molecule has 0 saturated heterocycles. The maximum Gasteiger partial charge on any atom is 0.359 e. The summed E-state index contributed by atoms with van der Waals surface area (Å²) in [5, 5.41) is 0. The van der Waals surface area contributed by atoms with Gasteiger partial charge in [0.15, 0.2) is 0 Å². The summed E-state index contributed by atoms with van der Waals surface area (Å²) >= 11 is 0. The van der Waals surface area contributed by atoms with Gasteiger partial charge in [0, 0.05) is 12.4 Å². The third-order valence-corrected chi connectivity index (χ3v) is 1.91. The van der Waals surface area contributed by atoms with Crippen molar-refractivity contribution in [2.75, 3.05) is 13.2 Å². The summed E-state index contributed by atoms with van der Waals surface area (Å²) in [6, 6.07) is 3.07. The van der Waals surface area contributed by atoms with E-state index in [9.17, 15) is 9.59 Å². The SMILES string of the molecule is CCOC(=O)C(Oc1ccncc1)C(=O)OCC. The Kier molecular flexibility index (Phi) is 5.63. The van der Waals surface area contributed by atoms with Gasteiger partial charge >= 0.3 is 11.9 Å². The van der Waals surface area contributed by atoms with E-state index < -0.39 is 18.0 Å². The van der Waals surface area contributed by atoms with E-state index in [1.54, 1.807) is 13.8 Å². The van der Waals surface area contributed by atoms with Gasteiger partial charge in [-0.3, -0.25) is 4.98 Å². The second-order valence-corrected chi connectivity index (χ2v) is 3.18. The van der Waals surface area contributed by atoms with Crippen molar-refractivity contribution in [3.63, 3.8) is 0 Å². The molecule has 0 atom stereocenters. The molecular weight excluding hydrogens is 238 g/mol. The van der Waals surface area contributed by atoms with Crippen LogP contribution in [0.3, 0.4) is 0 Å². The standard InChI is InChI=1S/C12H15NO5/c1-3-16-11(14)10(12(15)17-4-2)18-9-5-7-13-8-6-9/h5-8,10H,3-4H2,1-2H3. The fourth-order valence-corrected chi connectivity index (χ4v) is 1.18. The number of nitrogens with zero attached hydrogens (tertiary/aromatic N) is 1. The Labute approximate surface area is 105 Å². The topological polar surface area (TPSA) is 74.7 Å². The van der Waals surface area contributed by atoms with Gasteiger partial charge in [-0.15, -0.1) is 0 Å². The molecule has 18 heavy (non-hydrogen) atoms. The van der Waals surface area contributed by atoms with Crippen molar-refractivity contribution < 1.29 is 23.8 Å². The van der Waals surface area contributed by atoms with E-state index in [2.05, 4.69) is 4.98 Å². The fourth-order valence-electron chi connectivity index (χ4n) is 1.18. The van der Waals surface area contributed by atoms with Gasteiger partial charge in [-0.05, 0) is 26.0 Å². The zero-order chi connectivity index (χ0) is 13.4. The van der Waals surface area contributed by atoms with Crippen LogP contribution in [0.15, 0.2) is 24.5 Å². The summed E-state index contributed by atoms with van der Waals surface area (Å²) in [5.74, 6) is -1.20. The van der Waals surface area contributed by atoms with E-state index in [0.29, 0.717) is 5.75 Å². The molecule has 0 aliphatic carbocycles. The Morgan fingerprint density at radius 3 is 2.06 bits per heavy atom. The monoisotopic (exact) mass is 253 g/mol. The van der Waals surface area contributed by atoms with Crippen LogP contribution in [0.5, 0.6) is 5.75 Å². The molecule has 0 saturated carbocycles. The second-order valence-electron chi connectivity index (χ2n) is 3.18. The third-order valence-electron chi connectivity index (χ3n) is 1.91. The number of hydrogen-bond acceptors (Lipinski definition) is 6.